The molecule has 1 aliphatic rings. The lowest BCUT2D eigenvalue weighted by Gasteiger charge is -2.31. The molecule has 8 heteroatoms. The molecule has 1 saturated heterocycles. The number of hydrogen-bond donors (Lipinski definition) is 1. The number of benzene rings is 2. The van der Waals surface area contributed by atoms with E-state index in [1.807, 2.05) is 48.5 Å². The molecule has 30 heavy (non-hydrogen) atoms. The highest BCUT2D eigenvalue weighted by atomic mass is 16.5. The first-order valence-electron chi connectivity index (χ1n) is 9.84. The van der Waals surface area contributed by atoms with Gasteiger partial charge in [0.25, 0.3) is 0 Å². The molecule has 3 aromatic rings. The number of nitrogens with zero attached hydrogens (tertiary/aromatic N) is 3. The minimum absolute atomic E-state index is 0.00669. The molecule has 2 aromatic carbocycles. The van der Waals surface area contributed by atoms with Crippen molar-refractivity contribution in [3.8, 4) is 22.9 Å². The van der Waals surface area contributed by atoms with Gasteiger partial charge in [-0.05, 0) is 49.2 Å². The maximum absolute atomic E-state index is 12.7. The van der Waals surface area contributed by atoms with Crippen molar-refractivity contribution < 1.29 is 18.8 Å². The third kappa shape index (κ3) is 4.37. The van der Waals surface area contributed by atoms with Gasteiger partial charge in [-0.25, -0.2) is 4.79 Å². The van der Waals surface area contributed by atoms with Gasteiger partial charge in [0, 0.05) is 24.3 Å². The highest BCUT2D eigenvalue weighted by Gasteiger charge is 2.29. The summed E-state index contributed by atoms with van der Waals surface area (Å²) in [6.45, 7) is 1.22. The lowest BCUT2D eigenvalue weighted by atomic mass is 9.98. The summed E-state index contributed by atoms with van der Waals surface area (Å²) >= 11 is 0. The lowest BCUT2D eigenvalue weighted by Crippen LogP contribution is -2.41. The first-order chi connectivity index (χ1) is 14.7. The molecule has 1 N–H and O–H groups in total. The van der Waals surface area contributed by atoms with Gasteiger partial charge in [0.2, 0.25) is 11.7 Å². The Morgan fingerprint density at radius 1 is 1.13 bits per heavy atom. The summed E-state index contributed by atoms with van der Waals surface area (Å²) in [5, 5.41) is 7.05. The van der Waals surface area contributed by atoms with Gasteiger partial charge in [-0.2, -0.15) is 4.98 Å². The number of ether oxygens (including phenoxy) is 2. The van der Waals surface area contributed by atoms with Gasteiger partial charge in [0.05, 0.1) is 20.1 Å². The molecule has 2 amide bonds. The first-order valence-corrected chi connectivity index (χ1v) is 9.84. The summed E-state index contributed by atoms with van der Waals surface area (Å²) in [5.74, 6) is 2.55. The Hall–Kier alpha value is -3.55. The summed E-state index contributed by atoms with van der Waals surface area (Å²) in [4.78, 5) is 19.1. The minimum Gasteiger partial charge on any atom is -0.497 e. The van der Waals surface area contributed by atoms with Crippen LogP contribution in [0.3, 0.4) is 0 Å². The second-order valence-corrected chi connectivity index (χ2v) is 7.13. The van der Waals surface area contributed by atoms with E-state index in [1.165, 1.54) is 0 Å². The fourth-order valence-corrected chi connectivity index (χ4v) is 3.52. The molecule has 2 heterocycles. The molecule has 1 fully saturated rings. The summed E-state index contributed by atoms with van der Waals surface area (Å²) in [6.07, 6.45) is 1.77. The molecular formula is C22H24N4O4. The molecule has 8 nitrogen and oxygen atoms in total. The fraction of sp³-hybridized carbons (Fsp3) is 0.318. The van der Waals surface area contributed by atoms with Crippen LogP contribution in [0.1, 0.15) is 24.7 Å². The van der Waals surface area contributed by atoms with Crippen LogP contribution < -0.4 is 14.8 Å². The Kier molecular flexibility index (Phi) is 5.83. The molecule has 156 valence electrons. The number of rotatable bonds is 5. The van der Waals surface area contributed by atoms with Crippen LogP contribution in [0, 0.1) is 0 Å². The number of piperidine rings is 1. The molecule has 1 aromatic heterocycles. The van der Waals surface area contributed by atoms with Crippen molar-refractivity contribution in [2.24, 2.45) is 0 Å². The molecule has 1 unspecified atom stereocenters. The molecule has 1 aliphatic heterocycles. The molecule has 0 bridgehead atoms. The van der Waals surface area contributed by atoms with Crippen LogP contribution in [0.2, 0.25) is 0 Å². The molecule has 1 atom stereocenters. The second kappa shape index (κ2) is 8.86. The zero-order chi connectivity index (χ0) is 20.9. The van der Waals surface area contributed by atoms with Gasteiger partial charge < -0.3 is 24.2 Å². The van der Waals surface area contributed by atoms with E-state index in [0.717, 1.165) is 35.6 Å². The average Bonchev–Trinajstić information content (AvgIpc) is 3.30. The van der Waals surface area contributed by atoms with Crippen LogP contribution in [0.4, 0.5) is 10.5 Å². The zero-order valence-corrected chi connectivity index (χ0v) is 17.0. The Labute approximate surface area is 174 Å². The van der Waals surface area contributed by atoms with Gasteiger partial charge in [0.1, 0.15) is 11.5 Å². The van der Waals surface area contributed by atoms with Crippen molar-refractivity contribution in [2.45, 2.75) is 18.8 Å². The summed E-state index contributed by atoms with van der Waals surface area (Å²) in [6, 6.07) is 14.6. The Morgan fingerprint density at radius 3 is 2.70 bits per heavy atom. The van der Waals surface area contributed by atoms with Crippen LogP contribution in [0.25, 0.3) is 11.4 Å². The number of aromatic nitrogens is 2. The number of urea groups is 1. The number of hydrogen-bond acceptors (Lipinski definition) is 6. The SMILES string of the molecule is COc1ccc(NC(=O)N2CCCC(c3nc(-c4cccc(OC)c4)no3)C2)cc1. The summed E-state index contributed by atoms with van der Waals surface area (Å²) in [7, 11) is 3.23. The average molecular weight is 408 g/mol. The number of nitrogens with one attached hydrogen (secondary N) is 1. The van der Waals surface area contributed by atoms with Gasteiger partial charge in [-0.15, -0.1) is 0 Å². The normalized spacial score (nSPS) is 16.2. The summed E-state index contributed by atoms with van der Waals surface area (Å²) < 4.78 is 15.9. The van der Waals surface area contributed by atoms with E-state index >= 15 is 0 Å². The molecule has 0 aliphatic carbocycles. The maximum Gasteiger partial charge on any atom is 0.321 e. The molecular weight excluding hydrogens is 384 g/mol. The van der Waals surface area contributed by atoms with Crippen LogP contribution in [0.15, 0.2) is 53.1 Å². The van der Waals surface area contributed by atoms with E-state index in [4.69, 9.17) is 14.0 Å². The zero-order valence-electron chi connectivity index (χ0n) is 17.0. The topological polar surface area (TPSA) is 89.7 Å². The van der Waals surface area contributed by atoms with Gasteiger partial charge in [0.15, 0.2) is 0 Å². The van der Waals surface area contributed by atoms with Crippen molar-refractivity contribution in [1.29, 1.82) is 0 Å². The van der Waals surface area contributed by atoms with Crippen LogP contribution in [-0.2, 0) is 0 Å². The number of amides is 2. The van der Waals surface area contributed by atoms with Crippen LogP contribution in [0.5, 0.6) is 11.5 Å². The minimum atomic E-state index is -0.141. The summed E-state index contributed by atoms with van der Waals surface area (Å²) in [5.41, 5.74) is 1.55. The van der Waals surface area contributed by atoms with E-state index in [9.17, 15) is 4.79 Å². The van der Waals surface area contributed by atoms with E-state index in [2.05, 4.69) is 15.5 Å². The van der Waals surface area contributed by atoms with Crippen LogP contribution >= 0.6 is 0 Å². The smallest absolute Gasteiger partial charge is 0.321 e. The van der Waals surface area contributed by atoms with Crippen molar-refractivity contribution in [2.75, 3.05) is 32.6 Å². The second-order valence-electron chi connectivity index (χ2n) is 7.13. The van der Waals surface area contributed by atoms with E-state index < -0.39 is 0 Å². The highest BCUT2D eigenvalue weighted by molar-refractivity contribution is 5.89. The number of carbonyl (C=O) groups excluding carboxylic acids is 1. The standard InChI is InChI=1S/C22H24N4O4/c1-28-18-10-8-17(9-11-18)23-22(27)26-12-4-6-16(14-26)21-24-20(25-30-21)15-5-3-7-19(13-15)29-2/h3,5,7-11,13,16H,4,6,12,14H2,1-2H3,(H,23,27). The number of carbonyl (C=O) groups is 1. The van der Waals surface area contributed by atoms with Gasteiger partial charge in [-0.3, -0.25) is 0 Å². The van der Waals surface area contributed by atoms with E-state index in [0.29, 0.717) is 24.8 Å². The van der Waals surface area contributed by atoms with Crippen molar-refractivity contribution in [3.63, 3.8) is 0 Å². The third-order valence-corrected chi connectivity index (χ3v) is 5.17. The number of methoxy groups -OCH3 is 2. The largest absolute Gasteiger partial charge is 0.497 e. The van der Waals surface area contributed by atoms with Gasteiger partial charge >= 0.3 is 6.03 Å². The predicted molar refractivity (Wildman–Crippen MR) is 112 cm³/mol. The van der Waals surface area contributed by atoms with Crippen LogP contribution in [-0.4, -0.2) is 48.4 Å². The maximum atomic E-state index is 12.7. The number of anilines is 1. The third-order valence-electron chi connectivity index (χ3n) is 5.17. The first kappa shape index (κ1) is 19.8. The number of likely N-dealkylation sites (tertiary alicyclic amines) is 1. The fourth-order valence-electron chi connectivity index (χ4n) is 3.52. The van der Waals surface area contributed by atoms with Gasteiger partial charge in [-0.1, -0.05) is 17.3 Å². The molecule has 0 radical (unpaired) electrons. The highest BCUT2D eigenvalue weighted by Crippen LogP contribution is 2.29. The van der Waals surface area contributed by atoms with Crippen molar-refractivity contribution in [1.82, 2.24) is 15.0 Å². The van der Waals surface area contributed by atoms with Crippen molar-refractivity contribution in [3.05, 3.63) is 54.4 Å². The Morgan fingerprint density at radius 2 is 1.93 bits per heavy atom. The van der Waals surface area contributed by atoms with E-state index in [-0.39, 0.29) is 11.9 Å². The van der Waals surface area contributed by atoms with Crippen molar-refractivity contribution >= 4 is 11.7 Å². The van der Waals surface area contributed by atoms with E-state index in [1.54, 1.807) is 19.1 Å². The Bertz CT molecular complexity index is 1000. The Balaban J connectivity index is 1.42. The monoisotopic (exact) mass is 408 g/mol. The quantitative estimate of drug-likeness (QED) is 0.682. The molecule has 0 spiro atoms. The molecule has 4 rings (SSSR count). The molecule has 0 saturated carbocycles. The lowest BCUT2D eigenvalue weighted by molar-refractivity contribution is 0.184. The predicted octanol–water partition coefficient (Wildman–Crippen LogP) is 4.17.